The third-order valence-corrected chi connectivity index (χ3v) is 4.65. The molecule has 2 rings (SSSR count). The molecule has 0 aromatic heterocycles. The Bertz CT molecular complexity index is 324. The average molecular weight is 221 g/mol. The standard InChI is InChI=1S/C13H19NS/c1-2-9-15-12-8-7-10-5-3-4-6-11(10)13(12)14/h3-6,12-13H,2,7-9,14H2,1H3. The van der Waals surface area contributed by atoms with E-state index in [2.05, 4.69) is 31.2 Å². The monoisotopic (exact) mass is 221 g/mol. The van der Waals surface area contributed by atoms with E-state index in [4.69, 9.17) is 5.73 Å². The van der Waals surface area contributed by atoms with Gasteiger partial charge in [0.15, 0.2) is 0 Å². The van der Waals surface area contributed by atoms with Crippen LogP contribution in [0.15, 0.2) is 24.3 Å². The summed E-state index contributed by atoms with van der Waals surface area (Å²) in [5.74, 6) is 1.24. The zero-order valence-corrected chi connectivity index (χ0v) is 10.1. The summed E-state index contributed by atoms with van der Waals surface area (Å²) in [6.07, 6.45) is 3.68. The molecular formula is C13H19NS. The molecule has 0 aliphatic heterocycles. The normalized spacial score (nSPS) is 24.9. The van der Waals surface area contributed by atoms with Crippen LogP contribution in [-0.2, 0) is 6.42 Å². The zero-order chi connectivity index (χ0) is 10.7. The Kier molecular flexibility index (Phi) is 3.71. The van der Waals surface area contributed by atoms with Crippen molar-refractivity contribution in [1.82, 2.24) is 0 Å². The molecule has 0 radical (unpaired) electrons. The number of fused-ring (bicyclic) bond motifs is 1. The summed E-state index contributed by atoms with van der Waals surface area (Å²) in [4.78, 5) is 0. The number of nitrogens with two attached hydrogens (primary N) is 1. The zero-order valence-electron chi connectivity index (χ0n) is 9.28. The van der Waals surface area contributed by atoms with Gasteiger partial charge in [-0.1, -0.05) is 31.2 Å². The molecule has 0 fully saturated rings. The maximum atomic E-state index is 6.31. The van der Waals surface area contributed by atoms with Gasteiger partial charge in [-0.25, -0.2) is 0 Å². The lowest BCUT2D eigenvalue weighted by Crippen LogP contribution is -2.29. The first-order valence-corrected chi connectivity index (χ1v) is 6.82. The van der Waals surface area contributed by atoms with Crippen LogP contribution in [0, 0.1) is 0 Å². The van der Waals surface area contributed by atoms with Crippen molar-refractivity contribution in [3.63, 3.8) is 0 Å². The number of thioether (sulfide) groups is 1. The second-order valence-electron chi connectivity index (χ2n) is 4.17. The Labute approximate surface area is 96.4 Å². The number of benzene rings is 1. The SMILES string of the molecule is CCCSC1CCc2ccccc2C1N. The first kappa shape index (κ1) is 11.0. The summed E-state index contributed by atoms with van der Waals surface area (Å²) in [5.41, 5.74) is 9.14. The van der Waals surface area contributed by atoms with E-state index >= 15 is 0 Å². The molecule has 0 saturated heterocycles. The Morgan fingerprint density at radius 3 is 3.00 bits per heavy atom. The Balaban J connectivity index is 2.11. The quantitative estimate of drug-likeness (QED) is 0.848. The minimum atomic E-state index is 0.242. The third kappa shape index (κ3) is 2.37. The van der Waals surface area contributed by atoms with E-state index in [0.717, 1.165) is 0 Å². The molecule has 2 unspecified atom stereocenters. The molecule has 1 aliphatic carbocycles. The van der Waals surface area contributed by atoms with Gasteiger partial charge in [0.1, 0.15) is 0 Å². The molecule has 0 saturated carbocycles. The molecule has 2 heteroatoms. The fraction of sp³-hybridized carbons (Fsp3) is 0.538. The van der Waals surface area contributed by atoms with Crippen molar-refractivity contribution in [2.45, 2.75) is 37.5 Å². The van der Waals surface area contributed by atoms with Gasteiger partial charge in [0.2, 0.25) is 0 Å². The second kappa shape index (κ2) is 5.04. The highest BCUT2D eigenvalue weighted by Gasteiger charge is 2.25. The van der Waals surface area contributed by atoms with Crippen molar-refractivity contribution in [1.29, 1.82) is 0 Å². The summed E-state index contributed by atoms with van der Waals surface area (Å²) < 4.78 is 0. The van der Waals surface area contributed by atoms with Crippen LogP contribution in [0.1, 0.15) is 36.9 Å². The third-order valence-electron chi connectivity index (χ3n) is 3.05. The van der Waals surface area contributed by atoms with E-state index in [1.807, 2.05) is 11.8 Å². The predicted octanol–water partition coefficient (Wildman–Crippen LogP) is 3.14. The maximum Gasteiger partial charge on any atom is 0.0418 e. The van der Waals surface area contributed by atoms with Crippen molar-refractivity contribution in [3.8, 4) is 0 Å². The molecule has 0 bridgehead atoms. The minimum absolute atomic E-state index is 0.242. The molecule has 82 valence electrons. The lowest BCUT2D eigenvalue weighted by atomic mass is 9.88. The van der Waals surface area contributed by atoms with Gasteiger partial charge in [0, 0.05) is 11.3 Å². The fourth-order valence-electron chi connectivity index (χ4n) is 2.22. The lowest BCUT2D eigenvalue weighted by molar-refractivity contribution is 0.586. The van der Waals surface area contributed by atoms with Crippen molar-refractivity contribution in [3.05, 3.63) is 35.4 Å². The second-order valence-corrected chi connectivity index (χ2v) is 5.52. The van der Waals surface area contributed by atoms with Crippen LogP contribution in [0.5, 0.6) is 0 Å². The van der Waals surface area contributed by atoms with Crippen molar-refractivity contribution >= 4 is 11.8 Å². The van der Waals surface area contributed by atoms with Crippen LogP contribution >= 0.6 is 11.8 Å². The summed E-state index contributed by atoms with van der Waals surface area (Å²) in [6.45, 7) is 2.23. The predicted molar refractivity (Wildman–Crippen MR) is 68.2 cm³/mol. The van der Waals surface area contributed by atoms with Crippen LogP contribution in [-0.4, -0.2) is 11.0 Å². The summed E-state index contributed by atoms with van der Waals surface area (Å²) in [5, 5.41) is 0.625. The molecule has 1 aliphatic rings. The first-order valence-electron chi connectivity index (χ1n) is 5.78. The van der Waals surface area contributed by atoms with Gasteiger partial charge in [0.05, 0.1) is 0 Å². The number of rotatable bonds is 3. The van der Waals surface area contributed by atoms with Crippen LogP contribution in [0.3, 0.4) is 0 Å². The molecule has 1 nitrogen and oxygen atoms in total. The smallest absolute Gasteiger partial charge is 0.0418 e. The van der Waals surface area contributed by atoms with E-state index in [-0.39, 0.29) is 6.04 Å². The van der Waals surface area contributed by atoms with Gasteiger partial charge >= 0.3 is 0 Å². The molecule has 0 spiro atoms. The van der Waals surface area contributed by atoms with Crippen molar-refractivity contribution in [2.24, 2.45) is 5.73 Å². The van der Waals surface area contributed by atoms with Crippen LogP contribution in [0.2, 0.25) is 0 Å². The average Bonchev–Trinajstić information content (AvgIpc) is 2.29. The van der Waals surface area contributed by atoms with E-state index < -0.39 is 0 Å². The van der Waals surface area contributed by atoms with Gasteiger partial charge < -0.3 is 5.73 Å². The highest BCUT2D eigenvalue weighted by Crippen LogP contribution is 2.35. The molecule has 1 aromatic carbocycles. The van der Waals surface area contributed by atoms with E-state index in [1.54, 1.807) is 0 Å². The fourth-order valence-corrected chi connectivity index (χ4v) is 3.40. The Morgan fingerprint density at radius 2 is 2.20 bits per heavy atom. The largest absolute Gasteiger partial charge is 0.323 e. The molecule has 1 aromatic rings. The Hall–Kier alpha value is -0.470. The molecule has 2 atom stereocenters. The molecule has 0 amide bonds. The molecular weight excluding hydrogens is 202 g/mol. The van der Waals surface area contributed by atoms with Crippen molar-refractivity contribution in [2.75, 3.05) is 5.75 Å². The highest BCUT2D eigenvalue weighted by molar-refractivity contribution is 7.99. The van der Waals surface area contributed by atoms with Gasteiger partial charge in [-0.15, -0.1) is 0 Å². The van der Waals surface area contributed by atoms with E-state index in [1.165, 1.54) is 36.1 Å². The number of hydrogen-bond donors (Lipinski definition) is 1. The molecule has 2 N–H and O–H groups in total. The summed E-state index contributed by atoms with van der Waals surface area (Å²) >= 11 is 2.04. The summed E-state index contributed by atoms with van der Waals surface area (Å²) in [6, 6.07) is 8.87. The number of hydrogen-bond acceptors (Lipinski definition) is 2. The van der Waals surface area contributed by atoms with E-state index in [9.17, 15) is 0 Å². The maximum absolute atomic E-state index is 6.31. The minimum Gasteiger partial charge on any atom is -0.323 e. The van der Waals surface area contributed by atoms with Gasteiger partial charge in [-0.3, -0.25) is 0 Å². The van der Waals surface area contributed by atoms with E-state index in [0.29, 0.717) is 5.25 Å². The van der Waals surface area contributed by atoms with Gasteiger partial charge in [-0.2, -0.15) is 11.8 Å². The summed E-state index contributed by atoms with van der Waals surface area (Å²) in [7, 11) is 0. The van der Waals surface area contributed by atoms with Gasteiger partial charge in [0.25, 0.3) is 0 Å². The Morgan fingerprint density at radius 1 is 1.40 bits per heavy atom. The first-order chi connectivity index (χ1) is 7.33. The van der Waals surface area contributed by atoms with Crippen LogP contribution < -0.4 is 5.73 Å². The topological polar surface area (TPSA) is 26.0 Å². The van der Waals surface area contributed by atoms with Crippen molar-refractivity contribution < 1.29 is 0 Å². The molecule has 0 heterocycles. The van der Waals surface area contributed by atoms with Crippen LogP contribution in [0.25, 0.3) is 0 Å². The molecule has 15 heavy (non-hydrogen) atoms. The highest BCUT2D eigenvalue weighted by atomic mass is 32.2. The van der Waals surface area contributed by atoms with Gasteiger partial charge in [-0.05, 0) is 36.1 Å². The van der Waals surface area contributed by atoms with Crippen LogP contribution in [0.4, 0.5) is 0 Å². The number of aryl methyl sites for hydroxylation is 1. The lowest BCUT2D eigenvalue weighted by Gasteiger charge is -2.30.